The average molecular weight is 334 g/mol. The molecule has 1 N–H and O–H groups in total. The van der Waals surface area contributed by atoms with E-state index >= 15 is 0 Å². The van der Waals surface area contributed by atoms with Gasteiger partial charge in [-0.15, -0.1) is 0 Å². The standard InChI is InChI=1S/C14H17Cl2NO4/c1-14(2,3)21-13(18)17-8-4-10(15)12(11(16)5-8)20-7-9-6-19-9/h4-5,9H,6-7H2,1-3H3,(H,17,18)/t9-/m0/s1. The molecule has 0 spiro atoms. The first-order valence-corrected chi connectivity index (χ1v) is 7.23. The number of nitrogens with one attached hydrogen (secondary N) is 1. The van der Waals surface area contributed by atoms with Crippen molar-refractivity contribution in [2.45, 2.75) is 32.5 Å². The van der Waals surface area contributed by atoms with E-state index in [2.05, 4.69) is 5.32 Å². The smallest absolute Gasteiger partial charge is 0.412 e. The normalized spacial score (nSPS) is 17.3. The maximum absolute atomic E-state index is 11.7. The molecule has 1 aromatic carbocycles. The third-order valence-electron chi connectivity index (χ3n) is 2.46. The minimum absolute atomic E-state index is 0.108. The molecule has 0 bridgehead atoms. The summed E-state index contributed by atoms with van der Waals surface area (Å²) in [6.45, 7) is 6.43. The molecule has 21 heavy (non-hydrogen) atoms. The van der Waals surface area contributed by atoms with Crippen LogP contribution in [0.3, 0.4) is 0 Å². The van der Waals surface area contributed by atoms with Crippen molar-refractivity contribution in [3.63, 3.8) is 0 Å². The summed E-state index contributed by atoms with van der Waals surface area (Å²) in [5.74, 6) is 0.378. The molecule has 0 unspecified atom stereocenters. The molecule has 7 heteroatoms. The Labute approximate surface area is 133 Å². The Kier molecular flexibility index (Phi) is 4.86. The molecule has 0 radical (unpaired) electrons. The summed E-state index contributed by atoms with van der Waals surface area (Å²) in [4.78, 5) is 11.7. The number of rotatable bonds is 4. The summed E-state index contributed by atoms with van der Waals surface area (Å²) in [5, 5.41) is 3.20. The number of carbonyl (C=O) groups excluding carboxylic acids is 1. The Morgan fingerprint density at radius 2 is 1.95 bits per heavy atom. The lowest BCUT2D eigenvalue weighted by atomic mass is 10.2. The molecule has 2 rings (SSSR count). The highest BCUT2D eigenvalue weighted by molar-refractivity contribution is 6.37. The van der Waals surface area contributed by atoms with Gasteiger partial charge < -0.3 is 14.2 Å². The van der Waals surface area contributed by atoms with Crippen LogP contribution in [-0.4, -0.2) is 31.0 Å². The number of epoxide rings is 1. The number of hydrogen-bond donors (Lipinski definition) is 1. The molecule has 1 heterocycles. The van der Waals surface area contributed by atoms with Gasteiger partial charge in [0.15, 0.2) is 5.75 Å². The monoisotopic (exact) mass is 333 g/mol. The first kappa shape index (κ1) is 16.2. The van der Waals surface area contributed by atoms with Gasteiger partial charge in [-0.05, 0) is 32.9 Å². The highest BCUT2D eigenvalue weighted by Gasteiger charge is 2.24. The average Bonchev–Trinajstić information content (AvgIpc) is 3.08. The van der Waals surface area contributed by atoms with E-state index < -0.39 is 11.7 Å². The molecule has 1 saturated heterocycles. The molecule has 1 aromatic rings. The minimum Gasteiger partial charge on any atom is -0.488 e. The molecule has 5 nitrogen and oxygen atoms in total. The second-order valence-corrected chi connectivity index (χ2v) is 6.48. The van der Waals surface area contributed by atoms with E-state index in [4.69, 9.17) is 37.4 Å². The largest absolute Gasteiger partial charge is 0.488 e. The molecule has 1 amide bonds. The number of anilines is 1. The number of halogens is 2. The molecule has 1 fully saturated rings. The summed E-state index contributed by atoms with van der Waals surface area (Å²) < 4.78 is 15.7. The van der Waals surface area contributed by atoms with Gasteiger partial charge >= 0.3 is 6.09 Å². The fourth-order valence-corrected chi connectivity index (χ4v) is 2.13. The van der Waals surface area contributed by atoms with Crippen LogP contribution in [0.1, 0.15) is 20.8 Å². The fraction of sp³-hybridized carbons (Fsp3) is 0.500. The Bertz CT molecular complexity index is 515. The van der Waals surface area contributed by atoms with Crippen LogP contribution in [0.15, 0.2) is 12.1 Å². The van der Waals surface area contributed by atoms with Gasteiger partial charge in [0, 0.05) is 5.69 Å². The van der Waals surface area contributed by atoms with Gasteiger partial charge in [0.2, 0.25) is 0 Å². The summed E-state index contributed by atoms with van der Waals surface area (Å²) in [6.07, 6.45) is -0.466. The molecule has 1 atom stereocenters. The SMILES string of the molecule is CC(C)(C)OC(=O)Nc1cc(Cl)c(OC[C@@H]2CO2)c(Cl)c1. The second kappa shape index (κ2) is 6.30. The van der Waals surface area contributed by atoms with Crippen molar-refractivity contribution in [3.8, 4) is 5.75 Å². The predicted molar refractivity (Wildman–Crippen MR) is 81.6 cm³/mol. The van der Waals surface area contributed by atoms with Crippen molar-refractivity contribution in [2.75, 3.05) is 18.5 Å². The van der Waals surface area contributed by atoms with Gasteiger partial charge in [-0.3, -0.25) is 5.32 Å². The zero-order valence-corrected chi connectivity index (χ0v) is 13.5. The van der Waals surface area contributed by atoms with Crippen molar-refractivity contribution >= 4 is 35.0 Å². The number of hydrogen-bond acceptors (Lipinski definition) is 4. The topological polar surface area (TPSA) is 60.1 Å². The van der Waals surface area contributed by atoms with Crippen LogP contribution in [0.2, 0.25) is 10.0 Å². The van der Waals surface area contributed by atoms with Gasteiger partial charge in [-0.25, -0.2) is 4.79 Å². The number of benzene rings is 1. The van der Waals surface area contributed by atoms with Crippen LogP contribution in [0, 0.1) is 0 Å². The Balaban J connectivity index is 2.02. The van der Waals surface area contributed by atoms with Gasteiger partial charge in [-0.1, -0.05) is 23.2 Å². The number of carbonyl (C=O) groups is 1. The van der Waals surface area contributed by atoms with E-state index in [-0.39, 0.29) is 6.10 Å². The van der Waals surface area contributed by atoms with Crippen molar-refractivity contribution < 1.29 is 19.0 Å². The van der Waals surface area contributed by atoms with Gasteiger partial charge in [0.25, 0.3) is 0 Å². The lowest BCUT2D eigenvalue weighted by Gasteiger charge is -2.20. The van der Waals surface area contributed by atoms with Crippen LogP contribution in [0.5, 0.6) is 5.75 Å². The van der Waals surface area contributed by atoms with Crippen LogP contribution < -0.4 is 10.1 Å². The Morgan fingerprint density at radius 3 is 2.43 bits per heavy atom. The molecule has 116 valence electrons. The third-order valence-corrected chi connectivity index (χ3v) is 3.02. The van der Waals surface area contributed by atoms with E-state index in [0.717, 1.165) is 0 Å². The van der Waals surface area contributed by atoms with Crippen molar-refractivity contribution in [2.24, 2.45) is 0 Å². The Hall–Kier alpha value is -1.17. The summed E-state index contributed by atoms with van der Waals surface area (Å²) in [7, 11) is 0. The number of ether oxygens (including phenoxy) is 3. The van der Waals surface area contributed by atoms with E-state index in [0.29, 0.717) is 34.7 Å². The zero-order chi connectivity index (χ0) is 15.6. The zero-order valence-electron chi connectivity index (χ0n) is 12.0. The quantitative estimate of drug-likeness (QED) is 0.842. The van der Waals surface area contributed by atoms with Crippen molar-refractivity contribution in [3.05, 3.63) is 22.2 Å². The third kappa shape index (κ3) is 5.26. The van der Waals surface area contributed by atoms with Crippen molar-refractivity contribution in [1.29, 1.82) is 0 Å². The van der Waals surface area contributed by atoms with Gasteiger partial charge in [0.1, 0.15) is 18.3 Å². The maximum atomic E-state index is 11.7. The van der Waals surface area contributed by atoms with E-state index in [9.17, 15) is 4.79 Å². The van der Waals surface area contributed by atoms with E-state index in [1.165, 1.54) is 0 Å². The van der Waals surface area contributed by atoms with Crippen LogP contribution in [0.4, 0.5) is 10.5 Å². The molecule has 0 saturated carbocycles. The van der Waals surface area contributed by atoms with Crippen LogP contribution >= 0.6 is 23.2 Å². The molecule has 1 aliphatic heterocycles. The summed E-state index contributed by atoms with van der Waals surface area (Å²) in [5.41, 5.74) is -0.139. The van der Waals surface area contributed by atoms with Gasteiger partial charge in [0.05, 0.1) is 16.7 Å². The molecular weight excluding hydrogens is 317 g/mol. The molecule has 1 aliphatic rings. The highest BCUT2D eigenvalue weighted by atomic mass is 35.5. The maximum Gasteiger partial charge on any atom is 0.412 e. The first-order valence-electron chi connectivity index (χ1n) is 6.48. The molecular formula is C14H17Cl2NO4. The lowest BCUT2D eigenvalue weighted by molar-refractivity contribution is 0.0636. The van der Waals surface area contributed by atoms with E-state index in [1.54, 1.807) is 32.9 Å². The first-order chi connectivity index (χ1) is 9.74. The predicted octanol–water partition coefficient (Wildman–Crippen LogP) is 4.12. The Morgan fingerprint density at radius 1 is 1.38 bits per heavy atom. The summed E-state index contributed by atoms with van der Waals surface area (Å²) in [6, 6.07) is 3.11. The lowest BCUT2D eigenvalue weighted by Crippen LogP contribution is -2.27. The van der Waals surface area contributed by atoms with Gasteiger partial charge in [-0.2, -0.15) is 0 Å². The molecule has 0 aromatic heterocycles. The van der Waals surface area contributed by atoms with Crippen LogP contribution in [0.25, 0.3) is 0 Å². The minimum atomic E-state index is -0.578. The summed E-state index contributed by atoms with van der Waals surface area (Å²) >= 11 is 12.2. The van der Waals surface area contributed by atoms with E-state index in [1.807, 2.05) is 0 Å². The van der Waals surface area contributed by atoms with Crippen LogP contribution in [-0.2, 0) is 9.47 Å². The number of amides is 1. The van der Waals surface area contributed by atoms with Crippen molar-refractivity contribution in [1.82, 2.24) is 0 Å². The fourth-order valence-electron chi connectivity index (χ4n) is 1.53. The molecule has 0 aliphatic carbocycles. The highest BCUT2D eigenvalue weighted by Crippen LogP contribution is 2.36. The second-order valence-electron chi connectivity index (χ2n) is 5.66.